The van der Waals surface area contributed by atoms with Crippen LogP contribution in [0.3, 0.4) is 0 Å². The van der Waals surface area contributed by atoms with Crippen LogP contribution in [0.15, 0.2) is 0 Å². The monoisotopic (exact) mass is 242 g/mol. The molecule has 0 aliphatic carbocycles. The fraction of sp³-hybridized carbons (Fsp3) is 0.917. The van der Waals surface area contributed by atoms with Gasteiger partial charge in [-0.1, -0.05) is 0 Å². The molecule has 3 atom stereocenters. The van der Waals surface area contributed by atoms with Crippen molar-refractivity contribution in [2.75, 3.05) is 18.1 Å². The van der Waals surface area contributed by atoms with Crippen LogP contribution < -0.4 is 5.32 Å². The molecule has 92 valence electrons. The van der Waals surface area contributed by atoms with Crippen molar-refractivity contribution < 1.29 is 4.79 Å². The number of nitrogens with zero attached hydrogens (tertiary/aromatic N) is 1. The number of nitrogens with one attached hydrogen (secondary N) is 1. The highest BCUT2D eigenvalue weighted by Crippen LogP contribution is 2.24. The van der Waals surface area contributed by atoms with E-state index in [0.717, 1.165) is 30.9 Å². The molecule has 0 radical (unpaired) electrons. The number of thioether (sulfide) groups is 1. The van der Waals surface area contributed by atoms with Gasteiger partial charge in [0.25, 0.3) is 0 Å². The van der Waals surface area contributed by atoms with Crippen molar-refractivity contribution in [3.63, 3.8) is 0 Å². The predicted molar refractivity (Wildman–Crippen MR) is 68.7 cm³/mol. The number of amides is 1. The van der Waals surface area contributed by atoms with Gasteiger partial charge in [0.15, 0.2) is 0 Å². The topological polar surface area (TPSA) is 32.3 Å². The summed E-state index contributed by atoms with van der Waals surface area (Å²) in [5, 5.41) is 3.35. The van der Waals surface area contributed by atoms with E-state index in [2.05, 4.69) is 24.1 Å². The summed E-state index contributed by atoms with van der Waals surface area (Å²) in [7, 11) is 0. The zero-order valence-corrected chi connectivity index (χ0v) is 11.1. The molecule has 1 amide bonds. The molecule has 0 bridgehead atoms. The first-order valence-corrected chi connectivity index (χ1v) is 7.49. The third-order valence-electron chi connectivity index (χ3n) is 3.67. The SMILES string of the molecule is C[C@@H]1CCC[C@H](C)N1C(=O)C1CSCCN1. The van der Waals surface area contributed by atoms with Gasteiger partial charge < -0.3 is 10.2 Å². The van der Waals surface area contributed by atoms with Crippen LogP contribution >= 0.6 is 11.8 Å². The summed E-state index contributed by atoms with van der Waals surface area (Å²) in [5.74, 6) is 2.40. The van der Waals surface area contributed by atoms with Crippen LogP contribution in [0, 0.1) is 0 Å². The van der Waals surface area contributed by atoms with Crippen molar-refractivity contribution in [3.05, 3.63) is 0 Å². The summed E-state index contributed by atoms with van der Waals surface area (Å²) in [6.45, 7) is 5.34. The quantitative estimate of drug-likeness (QED) is 0.756. The van der Waals surface area contributed by atoms with E-state index in [1.807, 2.05) is 11.8 Å². The van der Waals surface area contributed by atoms with Crippen LogP contribution in [0.25, 0.3) is 0 Å². The Hall–Kier alpha value is -0.220. The van der Waals surface area contributed by atoms with Crippen molar-refractivity contribution >= 4 is 17.7 Å². The average molecular weight is 242 g/mol. The number of piperidine rings is 1. The zero-order chi connectivity index (χ0) is 11.5. The molecule has 2 heterocycles. The van der Waals surface area contributed by atoms with E-state index in [1.54, 1.807) is 0 Å². The number of hydrogen-bond acceptors (Lipinski definition) is 3. The standard InChI is InChI=1S/C12H22N2OS/c1-9-4-3-5-10(2)14(9)12(15)11-8-16-7-6-13-11/h9-11,13H,3-8H2,1-2H3/t9-,10+,11?. The van der Waals surface area contributed by atoms with Gasteiger partial charge in [-0.3, -0.25) is 4.79 Å². The second-order valence-electron chi connectivity index (χ2n) is 4.96. The first-order valence-electron chi connectivity index (χ1n) is 6.33. The minimum atomic E-state index is 0.0572. The highest BCUT2D eigenvalue weighted by Gasteiger charge is 2.33. The Morgan fingerprint density at radius 3 is 2.56 bits per heavy atom. The van der Waals surface area contributed by atoms with Gasteiger partial charge in [0.2, 0.25) is 5.91 Å². The van der Waals surface area contributed by atoms with E-state index in [9.17, 15) is 4.79 Å². The van der Waals surface area contributed by atoms with Crippen LogP contribution in [0.4, 0.5) is 0 Å². The fourth-order valence-electron chi connectivity index (χ4n) is 2.76. The molecule has 0 aromatic carbocycles. The summed E-state index contributed by atoms with van der Waals surface area (Å²) >= 11 is 1.89. The molecule has 2 saturated heterocycles. The highest BCUT2D eigenvalue weighted by molar-refractivity contribution is 7.99. The summed E-state index contributed by atoms with van der Waals surface area (Å²) in [6.07, 6.45) is 3.59. The normalized spacial score (nSPS) is 36.1. The van der Waals surface area contributed by atoms with Crippen molar-refractivity contribution in [2.45, 2.75) is 51.2 Å². The highest BCUT2D eigenvalue weighted by atomic mass is 32.2. The average Bonchev–Trinajstić information content (AvgIpc) is 2.30. The Balaban J connectivity index is 2.00. The number of carbonyl (C=O) groups is 1. The molecule has 4 heteroatoms. The molecule has 2 aliphatic rings. The maximum atomic E-state index is 12.4. The molecule has 0 spiro atoms. The predicted octanol–water partition coefficient (Wildman–Crippen LogP) is 1.48. The molecule has 1 unspecified atom stereocenters. The number of carbonyl (C=O) groups excluding carboxylic acids is 1. The minimum absolute atomic E-state index is 0.0572. The van der Waals surface area contributed by atoms with E-state index in [0.29, 0.717) is 18.0 Å². The van der Waals surface area contributed by atoms with Gasteiger partial charge in [-0.2, -0.15) is 11.8 Å². The minimum Gasteiger partial charge on any atom is -0.336 e. The van der Waals surface area contributed by atoms with Crippen molar-refractivity contribution in [2.24, 2.45) is 0 Å². The van der Waals surface area contributed by atoms with Crippen LogP contribution in [0.2, 0.25) is 0 Å². The smallest absolute Gasteiger partial charge is 0.241 e. The van der Waals surface area contributed by atoms with E-state index in [1.165, 1.54) is 6.42 Å². The van der Waals surface area contributed by atoms with Crippen molar-refractivity contribution in [1.29, 1.82) is 0 Å². The van der Waals surface area contributed by atoms with Gasteiger partial charge in [0.1, 0.15) is 0 Å². The zero-order valence-electron chi connectivity index (χ0n) is 10.2. The van der Waals surface area contributed by atoms with E-state index < -0.39 is 0 Å². The van der Waals surface area contributed by atoms with Gasteiger partial charge >= 0.3 is 0 Å². The Kier molecular flexibility index (Phi) is 4.14. The van der Waals surface area contributed by atoms with Crippen molar-refractivity contribution in [1.82, 2.24) is 10.2 Å². The van der Waals surface area contributed by atoms with Gasteiger partial charge in [-0.05, 0) is 33.1 Å². The summed E-state index contributed by atoms with van der Waals surface area (Å²) in [5.41, 5.74) is 0. The van der Waals surface area contributed by atoms with E-state index >= 15 is 0 Å². The largest absolute Gasteiger partial charge is 0.336 e. The third kappa shape index (κ3) is 2.54. The maximum Gasteiger partial charge on any atom is 0.241 e. The summed E-state index contributed by atoms with van der Waals surface area (Å²) < 4.78 is 0. The van der Waals surface area contributed by atoms with Crippen LogP contribution in [-0.4, -0.2) is 47.0 Å². The van der Waals surface area contributed by atoms with Crippen LogP contribution in [-0.2, 0) is 4.79 Å². The fourth-order valence-corrected chi connectivity index (χ4v) is 3.68. The lowest BCUT2D eigenvalue weighted by Gasteiger charge is -2.41. The number of rotatable bonds is 1. The van der Waals surface area contributed by atoms with E-state index in [-0.39, 0.29) is 6.04 Å². The first-order chi connectivity index (χ1) is 7.70. The molecule has 2 fully saturated rings. The van der Waals surface area contributed by atoms with Gasteiger partial charge in [0, 0.05) is 30.1 Å². The Bertz CT molecular complexity index is 243. The lowest BCUT2D eigenvalue weighted by atomic mass is 9.96. The molecule has 0 aromatic heterocycles. The maximum absolute atomic E-state index is 12.4. The molecular weight excluding hydrogens is 220 g/mol. The van der Waals surface area contributed by atoms with Gasteiger partial charge in [0.05, 0.1) is 6.04 Å². The van der Waals surface area contributed by atoms with Gasteiger partial charge in [-0.15, -0.1) is 0 Å². The Morgan fingerprint density at radius 2 is 2.00 bits per heavy atom. The summed E-state index contributed by atoms with van der Waals surface area (Å²) in [6, 6.07) is 0.900. The van der Waals surface area contributed by atoms with E-state index in [4.69, 9.17) is 0 Å². The first kappa shape index (κ1) is 12.2. The Morgan fingerprint density at radius 1 is 1.31 bits per heavy atom. The molecule has 0 aromatic rings. The van der Waals surface area contributed by atoms with Crippen LogP contribution in [0.1, 0.15) is 33.1 Å². The molecule has 2 rings (SSSR count). The molecule has 16 heavy (non-hydrogen) atoms. The number of likely N-dealkylation sites (tertiary alicyclic amines) is 1. The van der Waals surface area contributed by atoms with Crippen molar-refractivity contribution in [3.8, 4) is 0 Å². The lowest BCUT2D eigenvalue weighted by molar-refractivity contribution is -0.139. The second-order valence-corrected chi connectivity index (χ2v) is 6.11. The lowest BCUT2D eigenvalue weighted by Crippen LogP contribution is -2.56. The molecule has 2 aliphatic heterocycles. The molecule has 0 saturated carbocycles. The molecule has 3 nitrogen and oxygen atoms in total. The Labute approximate surface area is 102 Å². The summed E-state index contributed by atoms with van der Waals surface area (Å²) in [4.78, 5) is 14.5. The van der Waals surface area contributed by atoms with Crippen LogP contribution in [0.5, 0.6) is 0 Å². The number of hydrogen-bond donors (Lipinski definition) is 1. The molecule has 1 N–H and O–H groups in total. The van der Waals surface area contributed by atoms with Gasteiger partial charge in [-0.25, -0.2) is 0 Å². The second kappa shape index (κ2) is 5.41. The molecular formula is C12H22N2OS. The third-order valence-corrected chi connectivity index (χ3v) is 4.73.